The summed E-state index contributed by atoms with van der Waals surface area (Å²) in [7, 11) is -3.57. The van der Waals surface area contributed by atoms with E-state index in [-0.39, 0.29) is 23.8 Å². The number of pyridine rings is 1. The molecule has 0 bridgehead atoms. The Kier molecular flexibility index (Phi) is 3.80. The number of carbonyl (C=O) groups is 1. The third kappa shape index (κ3) is 4.24. The molecule has 1 amide bonds. The van der Waals surface area contributed by atoms with E-state index >= 15 is 0 Å². The lowest BCUT2D eigenvalue weighted by atomic mass is 10.3. The normalized spacial score (nSPS) is 11.1. The van der Waals surface area contributed by atoms with E-state index in [1.807, 2.05) is 0 Å². The van der Waals surface area contributed by atoms with E-state index < -0.39 is 15.9 Å². The summed E-state index contributed by atoms with van der Waals surface area (Å²) in [6, 6.07) is 4.60. The Morgan fingerprint density at radius 2 is 2.12 bits per heavy atom. The van der Waals surface area contributed by atoms with Crippen LogP contribution in [0.2, 0.25) is 0 Å². The monoisotopic (exact) mass is 244 g/mol. The number of amides is 1. The Balaban J connectivity index is 2.54. The van der Waals surface area contributed by atoms with E-state index in [0.717, 1.165) is 0 Å². The highest BCUT2D eigenvalue weighted by Gasteiger charge is 2.08. The minimum atomic E-state index is -3.57. The van der Waals surface area contributed by atoms with Crippen LogP contribution in [0.3, 0.4) is 0 Å². The maximum atomic E-state index is 11.4. The molecule has 0 saturated heterocycles. The zero-order valence-electron chi connectivity index (χ0n) is 8.38. The lowest BCUT2D eigenvalue weighted by molar-refractivity contribution is 0.0951. The number of primary sulfonamides is 1. The number of rotatable bonds is 4. The number of aromatic nitrogens is 1. The number of hydrogen-bond donors (Lipinski definition) is 3. The largest absolute Gasteiger partial charge is 0.384 e. The summed E-state index contributed by atoms with van der Waals surface area (Å²) in [5.41, 5.74) is 5.52. The molecule has 0 atom stereocenters. The van der Waals surface area contributed by atoms with E-state index in [1.165, 1.54) is 6.07 Å². The zero-order valence-corrected chi connectivity index (χ0v) is 9.20. The lowest BCUT2D eigenvalue weighted by Crippen LogP contribution is -2.31. The van der Waals surface area contributed by atoms with Gasteiger partial charge in [0.2, 0.25) is 10.0 Å². The first-order chi connectivity index (χ1) is 7.38. The standard InChI is InChI=1S/C8H12N4O3S/c9-7-3-1-2-6(12-7)8(13)11-4-5-16(10,14)15/h1-3H,4-5H2,(H2,9,12)(H,11,13)(H2,10,14,15). The molecule has 0 aliphatic heterocycles. The predicted molar refractivity (Wildman–Crippen MR) is 59.0 cm³/mol. The van der Waals surface area contributed by atoms with Crippen molar-refractivity contribution in [1.82, 2.24) is 10.3 Å². The van der Waals surface area contributed by atoms with Crippen LogP contribution in [0.1, 0.15) is 10.5 Å². The molecule has 0 aromatic carbocycles. The fraction of sp³-hybridized carbons (Fsp3) is 0.250. The van der Waals surface area contributed by atoms with Gasteiger partial charge in [-0.1, -0.05) is 6.07 Å². The van der Waals surface area contributed by atoms with Crippen molar-refractivity contribution in [3.05, 3.63) is 23.9 Å². The van der Waals surface area contributed by atoms with Crippen molar-refractivity contribution in [2.45, 2.75) is 0 Å². The molecule has 0 radical (unpaired) electrons. The Labute approximate surface area is 92.9 Å². The van der Waals surface area contributed by atoms with Crippen LogP contribution < -0.4 is 16.2 Å². The van der Waals surface area contributed by atoms with Gasteiger partial charge >= 0.3 is 0 Å². The second kappa shape index (κ2) is 4.90. The van der Waals surface area contributed by atoms with Gasteiger partial charge in [0.05, 0.1) is 5.75 Å². The summed E-state index contributed by atoms with van der Waals surface area (Å²) in [4.78, 5) is 15.2. The molecule has 8 heteroatoms. The number of carbonyl (C=O) groups excluding carboxylic acids is 1. The van der Waals surface area contributed by atoms with Crippen LogP contribution in [0.4, 0.5) is 5.82 Å². The SMILES string of the molecule is Nc1cccc(C(=O)NCCS(N)(=O)=O)n1. The van der Waals surface area contributed by atoms with Crippen molar-refractivity contribution >= 4 is 21.7 Å². The van der Waals surface area contributed by atoms with Crippen molar-refractivity contribution in [1.29, 1.82) is 0 Å². The van der Waals surface area contributed by atoms with Crippen molar-refractivity contribution in [2.24, 2.45) is 5.14 Å². The van der Waals surface area contributed by atoms with Gasteiger partial charge < -0.3 is 11.1 Å². The first kappa shape index (κ1) is 12.4. The first-order valence-electron chi connectivity index (χ1n) is 4.40. The van der Waals surface area contributed by atoms with E-state index in [1.54, 1.807) is 12.1 Å². The summed E-state index contributed by atoms with van der Waals surface area (Å²) in [5.74, 6) is -0.587. The van der Waals surface area contributed by atoms with Crippen LogP contribution in [-0.4, -0.2) is 31.6 Å². The van der Waals surface area contributed by atoms with Crippen LogP contribution in [0, 0.1) is 0 Å². The van der Waals surface area contributed by atoms with E-state index in [2.05, 4.69) is 10.3 Å². The van der Waals surface area contributed by atoms with E-state index in [4.69, 9.17) is 10.9 Å². The Bertz CT molecular complexity index is 486. The molecule has 88 valence electrons. The number of nitrogens with one attached hydrogen (secondary N) is 1. The minimum absolute atomic E-state index is 0.0614. The third-order valence-corrected chi connectivity index (χ3v) is 2.45. The second-order valence-electron chi connectivity index (χ2n) is 3.07. The van der Waals surface area contributed by atoms with Crippen molar-refractivity contribution in [3.8, 4) is 0 Å². The molecule has 16 heavy (non-hydrogen) atoms. The second-order valence-corrected chi connectivity index (χ2v) is 4.80. The van der Waals surface area contributed by atoms with Crippen LogP contribution in [0.25, 0.3) is 0 Å². The molecule has 7 nitrogen and oxygen atoms in total. The molecule has 0 aliphatic carbocycles. The molecule has 0 fully saturated rings. The van der Waals surface area contributed by atoms with Crippen LogP contribution in [-0.2, 0) is 10.0 Å². The fourth-order valence-corrected chi connectivity index (χ4v) is 1.36. The maximum Gasteiger partial charge on any atom is 0.269 e. The highest BCUT2D eigenvalue weighted by Crippen LogP contribution is 1.99. The maximum absolute atomic E-state index is 11.4. The smallest absolute Gasteiger partial charge is 0.269 e. The van der Waals surface area contributed by atoms with Gasteiger partial charge in [0.1, 0.15) is 11.5 Å². The molecule has 0 unspecified atom stereocenters. The number of nitrogen functional groups attached to an aromatic ring is 1. The van der Waals surface area contributed by atoms with Crippen LogP contribution in [0.5, 0.6) is 0 Å². The molecule has 1 aromatic rings. The summed E-state index contributed by atoms with van der Waals surface area (Å²) >= 11 is 0. The lowest BCUT2D eigenvalue weighted by Gasteiger charge is -2.03. The first-order valence-corrected chi connectivity index (χ1v) is 6.11. The third-order valence-electron chi connectivity index (χ3n) is 1.68. The molecular weight excluding hydrogens is 232 g/mol. The highest BCUT2D eigenvalue weighted by molar-refractivity contribution is 7.89. The molecule has 1 aromatic heterocycles. The highest BCUT2D eigenvalue weighted by atomic mass is 32.2. The van der Waals surface area contributed by atoms with Crippen LogP contribution >= 0.6 is 0 Å². The summed E-state index contributed by atoms with van der Waals surface area (Å²) in [5, 5.41) is 7.14. The van der Waals surface area contributed by atoms with Crippen LogP contribution in [0.15, 0.2) is 18.2 Å². The van der Waals surface area contributed by atoms with Crippen molar-refractivity contribution in [3.63, 3.8) is 0 Å². The Hall–Kier alpha value is -1.67. The average molecular weight is 244 g/mol. The topological polar surface area (TPSA) is 128 Å². The quantitative estimate of drug-likeness (QED) is 0.605. The van der Waals surface area contributed by atoms with E-state index in [9.17, 15) is 13.2 Å². The Morgan fingerprint density at radius 1 is 1.44 bits per heavy atom. The van der Waals surface area contributed by atoms with E-state index in [0.29, 0.717) is 0 Å². The number of hydrogen-bond acceptors (Lipinski definition) is 5. The van der Waals surface area contributed by atoms with Gasteiger partial charge in [0.25, 0.3) is 5.91 Å². The minimum Gasteiger partial charge on any atom is -0.384 e. The zero-order chi connectivity index (χ0) is 12.2. The number of nitrogens with zero attached hydrogens (tertiary/aromatic N) is 1. The molecular formula is C8H12N4O3S. The summed E-state index contributed by atoms with van der Waals surface area (Å²) in [6.07, 6.45) is 0. The molecule has 0 spiro atoms. The van der Waals surface area contributed by atoms with Gasteiger partial charge in [-0.05, 0) is 12.1 Å². The molecule has 5 N–H and O–H groups in total. The molecule has 1 heterocycles. The summed E-state index contributed by atoms with van der Waals surface area (Å²) < 4.78 is 21.2. The van der Waals surface area contributed by atoms with Gasteiger partial charge in [0.15, 0.2) is 0 Å². The fourth-order valence-electron chi connectivity index (χ4n) is 0.975. The number of nitrogens with two attached hydrogens (primary N) is 2. The number of sulfonamides is 1. The summed E-state index contributed by atoms with van der Waals surface area (Å²) in [6.45, 7) is -0.0614. The van der Waals surface area contributed by atoms with Gasteiger partial charge in [-0.2, -0.15) is 0 Å². The van der Waals surface area contributed by atoms with Gasteiger partial charge in [0, 0.05) is 6.54 Å². The van der Waals surface area contributed by atoms with Gasteiger partial charge in [-0.15, -0.1) is 0 Å². The molecule has 1 rings (SSSR count). The molecule has 0 aliphatic rings. The predicted octanol–water partition coefficient (Wildman–Crippen LogP) is -1.32. The average Bonchev–Trinajstić information content (AvgIpc) is 2.15. The van der Waals surface area contributed by atoms with Crippen molar-refractivity contribution in [2.75, 3.05) is 18.0 Å². The molecule has 0 saturated carbocycles. The van der Waals surface area contributed by atoms with Gasteiger partial charge in [-0.3, -0.25) is 4.79 Å². The number of anilines is 1. The van der Waals surface area contributed by atoms with Gasteiger partial charge in [-0.25, -0.2) is 18.5 Å². The Morgan fingerprint density at radius 3 is 2.69 bits per heavy atom. The van der Waals surface area contributed by atoms with Crippen molar-refractivity contribution < 1.29 is 13.2 Å².